The number of anilines is 2. The molecule has 0 spiro atoms. The van der Waals surface area contributed by atoms with Crippen molar-refractivity contribution in [2.45, 2.75) is 18.7 Å². The Morgan fingerprint density at radius 3 is 2.03 bits per heavy atom. The zero-order valence-corrected chi connectivity index (χ0v) is 18.5. The topological polar surface area (TPSA) is 43.8 Å². The maximum Gasteiger partial charge on any atom is 0.332 e. The number of amides is 2. The molecule has 0 bridgehead atoms. The molecule has 1 unspecified atom stereocenters. The van der Waals surface area contributed by atoms with Gasteiger partial charge in [0.05, 0.1) is 6.04 Å². The number of halogens is 3. The van der Waals surface area contributed by atoms with E-state index in [1.54, 1.807) is 53.4 Å². The summed E-state index contributed by atoms with van der Waals surface area (Å²) in [5, 5.41) is 13.1. The van der Waals surface area contributed by atoms with Gasteiger partial charge in [0.2, 0.25) is 0 Å². The Morgan fingerprint density at radius 1 is 0.931 bits per heavy atom. The number of carbonyl (C=O) groups is 1. The molecule has 0 aliphatic carbocycles. The van der Waals surface area contributed by atoms with Crippen LogP contribution in [0.25, 0.3) is 0 Å². The minimum absolute atomic E-state index is 0.343. The third kappa shape index (κ3) is 3.42. The highest BCUT2D eigenvalue weighted by molar-refractivity contribution is 9.10. The molecule has 1 heterocycles. The zero-order valence-electron chi connectivity index (χ0n) is 15.4. The van der Waals surface area contributed by atoms with E-state index < -0.39 is 11.8 Å². The molecule has 1 aliphatic heterocycles. The number of nitrogens with zero attached hydrogens (tertiary/aromatic N) is 2. The van der Waals surface area contributed by atoms with Crippen molar-refractivity contribution in [1.82, 2.24) is 0 Å². The molecular weight excluding hydrogens is 475 g/mol. The number of benzene rings is 3. The van der Waals surface area contributed by atoms with Crippen LogP contribution in [0.5, 0.6) is 0 Å². The van der Waals surface area contributed by atoms with Gasteiger partial charge >= 0.3 is 6.03 Å². The lowest BCUT2D eigenvalue weighted by Crippen LogP contribution is -2.48. The summed E-state index contributed by atoms with van der Waals surface area (Å²) in [6.45, 7) is 1.82. The van der Waals surface area contributed by atoms with Gasteiger partial charge in [-0.2, -0.15) is 0 Å². The fraction of sp³-hybridized carbons (Fsp3) is 0.136. The standard InChI is InChI=1S/C22H17BrCl2N2O2/c1-14-22(29,15-3-2-4-16(23)13-15)27(20-11-7-18(25)8-12-20)21(28)26(14)19-9-5-17(24)6-10-19/h2-14,29H,1H3/t14-,22?/m1/s1. The Bertz CT molecular complexity index is 1060. The van der Waals surface area contributed by atoms with Crippen LogP contribution in [-0.2, 0) is 5.72 Å². The second kappa shape index (κ2) is 7.65. The molecule has 148 valence electrons. The van der Waals surface area contributed by atoms with E-state index in [1.807, 2.05) is 31.2 Å². The van der Waals surface area contributed by atoms with Crippen LogP contribution >= 0.6 is 39.1 Å². The minimum Gasteiger partial charge on any atom is -0.365 e. The van der Waals surface area contributed by atoms with E-state index in [-0.39, 0.29) is 6.03 Å². The number of urea groups is 1. The Labute approximate surface area is 187 Å². The van der Waals surface area contributed by atoms with E-state index in [9.17, 15) is 9.90 Å². The molecule has 4 nitrogen and oxygen atoms in total. The molecule has 29 heavy (non-hydrogen) atoms. The summed E-state index contributed by atoms with van der Waals surface area (Å²) in [4.78, 5) is 16.6. The van der Waals surface area contributed by atoms with Crippen LogP contribution in [0.3, 0.4) is 0 Å². The molecule has 0 radical (unpaired) electrons. The van der Waals surface area contributed by atoms with Crippen molar-refractivity contribution >= 4 is 56.5 Å². The average Bonchev–Trinajstić information content (AvgIpc) is 2.90. The van der Waals surface area contributed by atoms with Gasteiger partial charge in [0.1, 0.15) is 0 Å². The van der Waals surface area contributed by atoms with Crippen molar-refractivity contribution in [3.63, 3.8) is 0 Å². The Balaban J connectivity index is 1.90. The molecule has 4 rings (SSSR count). The first-order chi connectivity index (χ1) is 13.8. The second-order valence-electron chi connectivity index (χ2n) is 6.85. The largest absolute Gasteiger partial charge is 0.365 e. The van der Waals surface area contributed by atoms with E-state index in [0.29, 0.717) is 27.0 Å². The Hall–Kier alpha value is -2.05. The smallest absolute Gasteiger partial charge is 0.332 e. The van der Waals surface area contributed by atoms with Crippen LogP contribution in [0.15, 0.2) is 77.3 Å². The summed E-state index contributed by atoms with van der Waals surface area (Å²) >= 11 is 15.5. The van der Waals surface area contributed by atoms with Gasteiger partial charge in [-0.25, -0.2) is 4.79 Å². The van der Waals surface area contributed by atoms with Gasteiger partial charge in [0.25, 0.3) is 0 Å². The molecule has 7 heteroatoms. The zero-order chi connectivity index (χ0) is 20.8. The van der Waals surface area contributed by atoms with Crippen molar-refractivity contribution < 1.29 is 9.90 Å². The monoisotopic (exact) mass is 490 g/mol. The molecule has 3 aromatic carbocycles. The first kappa shape index (κ1) is 20.2. The van der Waals surface area contributed by atoms with E-state index in [0.717, 1.165) is 4.47 Å². The van der Waals surface area contributed by atoms with E-state index >= 15 is 0 Å². The van der Waals surface area contributed by atoms with Crippen LogP contribution in [0.2, 0.25) is 10.0 Å². The van der Waals surface area contributed by atoms with Crippen molar-refractivity contribution in [3.8, 4) is 0 Å². The summed E-state index contributed by atoms with van der Waals surface area (Å²) in [6, 6.07) is 20.2. The van der Waals surface area contributed by atoms with Crippen molar-refractivity contribution in [1.29, 1.82) is 0 Å². The Kier molecular flexibility index (Phi) is 5.34. The Morgan fingerprint density at radius 2 is 1.48 bits per heavy atom. The highest BCUT2D eigenvalue weighted by Crippen LogP contribution is 2.45. The lowest BCUT2D eigenvalue weighted by atomic mass is 9.94. The lowest BCUT2D eigenvalue weighted by Gasteiger charge is -2.35. The van der Waals surface area contributed by atoms with Crippen molar-refractivity contribution in [3.05, 3.63) is 92.9 Å². The summed E-state index contributed by atoms with van der Waals surface area (Å²) in [7, 11) is 0. The molecule has 1 N–H and O–H groups in total. The molecule has 1 fully saturated rings. The predicted octanol–water partition coefficient (Wildman–Crippen LogP) is 6.44. The van der Waals surface area contributed by atoms with Crippen LogP contribution in [0, 0.1) is 0 Å². The molecule has 2 amide bonds. The molecule has 1 saturated heterocycles. The first-order valence-corrected chi connectivity index (χ1v) is 10.5. The predicted molar refractivity (Wildman–Crippen MR) is 121 cm³/mol. The first-order valence-electron chi connectivity index (χ1n) is 8.95. The number of hydrogen-bond acceptors (Lipinski definition) is 2. The summed E-state index contributed by atoms with van der Waals surface area (Å²) in [5.74, 6) is 0. The number of aliphatic hydroxyl groups is 1. The fourth-order valence-electron chi connectivity index (χ4n) is 3.71. The second-order valence-corrected chi connectivity index (χ2v) is 8.64. The van der Waals surface area contributed by atoms with Gasteiger partial charge in [0, 0.05) is 31.5 Å². The molecule has 2 atom stereocenters. The fourth-order valence-corrected chi connectivity index (χ4v) is 4.36. The van der Waals surface area contributed by atoms with Gasteiger partial charge < -0.3 is 5.11 Å². The van der Waals surface area contributed by atoms with E-state index in [2.05, 4.69) is 15.9 Å². The van der Waals surface area contributed by atoms with Crippen molar-refractivity contribution in [2.75, 3.05) is 9.80 Å². The number of carbonyl (C=O) groups excluding carboxylic acids is 1. The third-order valence-corrected chi connectivity index (χ3v) is 6.14. The van der Waals surface area contributed by atoms with E-state index in [1.165, 1.54) is 4.90 Å². The van der Waals surface area contributed by atoms with Crippen molar-refractivity contribution in [2.24, 2.45) is 0 Å². The molecule has 0 aromatic heterocycles. The summed E-state index contributed by atoms with van der Waals surface area (Å²) in [5.41, 5.74) is 0.190. The molecule has 1 aliphatic rings. The van der Waals surface area contributed by atoms with Gasteiger partial charge in [-0.3, -0.25) is 9.80 Å². The summed E-state index contributed by atoms with van der Waals surface area (Å²) in [6.07, 6.45) is 0. The SMILES string of the molecule is C[C@H]1N(c2ccc(Cl)cc2)C(=O)N(c2ccc(Cl)cc2)C1(O)c1cccc(Br)c1. The highest BCUT2D eigenvalue weighted by atomic mass is 79.9. The average molecular weight is 492 g/mol. The van der Waals surface area contributed by atoms with Gasteiger partial charge in [-0.15, -0.1) is 0 Å². The molecular formula is C22H17BrCl2N2O2. The van der Waals surface area contributed by atoms with Crippen LogP contribution in [0.4, 0.5) is 16.2 Å². The summed E-state index contributed by atoms with van der Waals surface area (Å²) < 4.78 is 0.809. The van der Waals surface area contributed by atoms with Crippen LogP contribution in [-0.4, -0.2) is 17.2 Å². The van der Waals surface area contributed by atoms with Crippen LogP contribution < -0.4 is 9.80 Å². The number of rotatable bonds is 3. The molecule has 3 aromatic rings. The third-order valence-electron chi connectivity index (χ3n) is 5.15. The van der Waals surface area contributed by atoms with E-state index in [4.69, 9.17) is 23.2 Å². The van der Waals surface area contributed by atoms with Gasteiger partial charge in [0.15, 0.2) is 5.72 Å². The lowest BCUT2D eigenvalue weighted by molar-refractivity contribution is 0.0371. The van der Waals surface area contributed by atoms with Gasteiger partial charge in [-0.05, 0) is 67.6 Å². The van der Waals surface area contributed by atoms with Gasteiger partial charge in [-0.1, -0.05) is 51.3 Å². The highest BCUT2D eigenvalue weighted by Gasteiger charge is 2.56. The maximum atomic E-state index is 13.6. The minimum atomic E-state index is -1.60. The molecule has 0 saturated carbocycles. The quantitative estimate of drug-likeness (QED) is 0.458. The normalized spacial score (nSPS) is 21.7. The maximum absolute atomic E-state index is 13.6. The number of hydrogen-bond donors (Lipinski definition) is 1. The van der Waals surface area contributed by atoms with Crippen LogP contribution in [0.1, 0.15) is 12.5 Å².